The minimum atomic E-state index is 0.0200. The molecule has 2 heterocycles. The summed E-state index contributed by atoms with van der Waals surface area (Å²) >= 11 is 1.77. The summed E-state index contributed by atoms with van der Waals surface area (Å²) in [5.74, 6) is 0.900. The monoisotopic (exact) mass is 292 g/mol. The standard InChI is InChI=1S/C16H24N2OS/c1-10-7-8-15(20-10)11(2)17-16(19)14-9-12-5-3-4-6-13(12)18-14/h7-8,11-14,18H,3-6,9H2,1-2H3,(H,17,19). The Bertz CT molecular complexity index is 471. The first-order chi connectivity index (χ1) is 9.63. The fourth-order valence-electron chi connectivity index (χ4n) is 3.59. The Morgan fingerprint density at radius 2 is 2.20 bits per heavy atom. The number of nitrogens with one attached hydrogen (secondary N) is 2. The second kappa shape index (κ2) is 5.86. The molecule has 1 saturated heterocycles. The summed E-state index contributed by atoms with van der Waals surface area (Å²) in [6.45, 7) is 4.18. The van der Waals surface area contributed by atoms with Gasteiger partial charge in [-0.2, -0.15) is 0 Å². The van der Waals surface area contributed by atoms with Crippen molar-refractivity contribution >= 4 is 17.2 Å². The van der Waals surface area contributed by atoms with Crippen LogP contribution in [0.25, 0.3) is 0 Å². The maximum absolute atomic E-state index is 12.4. The SMILES string of the molecule is Cc1ccc(C(C)NC(=O)C2CC3CCCCC3N2)s1. The molecular weight excluding hydrogens is 268 g/mol. The van der Waals surface area contributed by atoms with E-state index in [1.54, 1.807) is 11.3 Å². The van der Waals surface area contributed by atoms with Gasteiger partial charge in [-0.25, -0.2) is 0 Å². The third-order valence-corrected chi connectivity index (χ3v) is 5.91. The third-order valence-electron chi connectivity index (χ3n) is 4.73. The van der Waals surface area contributed by atoms with Crippen molar-refractivity contribution in [3.63, 3.8) is 0 Å². The molecule has 4 unspecified atom stereocenters. The Morgan fingerprint density at radius 1 is 1.40 bits per heavy atom. The highest BCUT2D eigenvalue weighted by atomic mass is 32.1. The minimum Gasteiger partial charge on any atom is -0.347 e. The highest BCUT2D eigenvalue weighted by molar-refractivity contribution is 7.12. The molecule has 0 bridgehead atoms. The molecule has 1 aliphatic heterocycles. The van der Waals surface area contributed by atoms with Gasteiger partial charge in [0, 0.05) is 15.8 Å². The Balaban J connectivity index is 1.57. The lowest BCUT2D eigenvalue weighted by Crippen LogP contribution is -2.43. The Kier molecular flexibility index (Phi) is 4.13. The molecule has 0 aromatic carbocycles. The molecule has 2 aliphatic rings. The fraction of sp³-hybridized carbons (Fsp3) is 0.688. The van der Waals surface area contributed by atoms with Gasteiger partial charge in [-0.1, -0.05) is 12.8 Å². The molecule has 2 N–H and O–H groups in total. The van der Waals surface area contributed by atoms with Crippen molar-refractivity contribution in [2.75, 3.05) is 0 Å². The molecule has 1 aromatic rings. The zero-order chi connectivity index (χ0) is 14.1. The van der Waals surface area contributed by atoms with Crippen LogP contribution in [0, 0.1) is 12.8 Å². The predicted molar refractivity (Wildman–Crippen MR) is 82.9 cm³/mol. The van der Waals surface area contributed by atoms with Crippen molar-refractivity contribution in [2.45, 2.75) is 64.1 Å². The van der Waals surface area contributed by atoms with Crippen molar-refractivity contribution in [1.82, 2.24) is 10.6 Å². The molecule has 4 atom stereocenters. The molecule has 1 aliphatic carbocycles. The van der Waals surface area contributed by atoms with Crippen LogP contribution in [0.5, 0.6) is 0 Å². The van der Waals surface area contributed by atoms with Crippen LogP contribution in [0.1, 0.15) is 54.8 Å². The average molecular weight is 292 g/mol. The summed E-state index contributed by atoms with van der Waals surface area (Å²) < 4.78 is 0. The van der Waals surface area contributed by atoms with Gasteiger partial charge >= 0.3 is 0 Å². The molecule has 1 aromatic heterocycles. The lowest BCUT2D eigenvalue weighted by Gasteiger charge is -2.24. The normalized spacial score (nSPS) is 30.8. The van der Waals surface area contributed by atoms with Gasteiger partial charge in [0.2, 0.25) is 5.91 Å². The maximum Gasteiger partial charge on any atom is 0.237 e. The van der Waals surface area contributed by atoms with E-state index in [-0.39, 0.29) is 18.0 Å². The summed E-state index contributed by atoms with van der Waals surface area (Å²) in [7, 11) is 0. The van der Waals surface area contributed by atoms with E-state index in [9.17, 15) is 4.79 Å². The van der Waals surface area contributed by atoms with E-state index in [1.807, 2.05) is 0 Å². The zero-order valence-corrected chi connectivity index (χ0v) is 13.1. The van der Waals surface area contributed by atoms with Crippen LogP contribution in [-0.4, -0.2) is 18.0 Å². The molecule has 4 heteroatoms. The summed E-state index contributed by atoms with van der Waals surface area (Å²) in [6.07, 6.45) is 6.21. The van der Waals surface area contributed by atoms with Gasteiger partial charge < -0.3 is 10.6 Å². The van der Waals surface area contributed by atoms with Crippen LogP contribution in [0.2, 0.25) is 0 Å². The van der Waals surface area contributed by atoms with E-state index in [2.05, 4.69) is 36.6 Å². The lowest BCUT2D eigenvalue weighted by molar-refractivity contribution is -0.123. The van der Waals surface area contributed by atoms with Crippen molar-refractivity contribution in [3.05, 3.63) is 21.9 Å². The largest absolute Gasteiger partial charge is 0.347 e. The number of thiophene rings is 1. The molecule has 0 spiro atoms. The Labute approximate surface area is 125 Å². The van der Waals surface area contributed by atoms with E-state index in [4.69, 9.17) is 0 Å². The second-order valence-electron chi connectivity index (χ2n) is 6.28. The summed E-state index contributed by atoms with van der Waals surface area (Å²) in [6, 6.07) is 4.95. The number of amides is 1. The number of fused-ring (bicyclic) bond motifs is 1. The van der Waals surface area contributed by atoms with Crippen LogP contribution in [-0.2, 0) is 4.79 Å². The topological polar surface area (TPSA) is 41.1 Å². The van der Waals surface area contributed by atoms with Gasteiger partial charge in [0.1, 0.15) is 0 Å². The predicted octanol–water partition coefficient (Wildman–Crippen LogP) is 3.15. The van der Waals surface area contributed by atoms with Crippen molar-refractivity contribution in [3.8, 4) is 0 Å². The van der Waals surface area contributed by atoms with Crippen LogP contribution in [0.15, 0.2) is 12.1 Å². The van der Waals surface area contributed by atoms with Crippen LogP contribution in [0.4, 0.5) is 0 Å². The van der Waals surface area contributed by atoms with Crippen molar-refractivity contribution in [2.24, 2.45) is 5.92 Å². The van der Waals surface area contributed by atoms with Gasteiger partial charge in [0.25, 0.3) is 0 Å². The molecule has 1 amide bonds. The van der Waals surface area contributed by atoms with Crippen LogP contribution >= 0.6 is 11.3 Å². The fourth-order valence-corrected chi connectivity index (χ4v) is 4.47. The molecule has 0 radical (unpaired) electrons. The molecular formula is C16H24N2OS. The molecule has 20 heavy (non-hydrogen) atoms. The number of hydrogen-bond donors (Lipinski definition) is 2. The van der Waals surface area contributed by atoms with E-state index < -0.39 is 0 Å². The quantitative estimate of drug-likeness (QED) is 0.898. The first kappa shape index (κ1) is 14.1. The van der Waals surface area contributed by atoms with Gasteiger partial charge in [-0.3, -0.25) is 4.79 Å². The van der Waals surface area contributed by atoms with Crippen LogP contribution < -0.4 is 10.6 Å². The Morgan fingerprint density at radius 3 is 2.90 bits per heavy atom. The third kappa shape index (κ3) is 2.91. The molecule has 1 saturated carbocycles. The highest BCUT2D eigenvalue weighted by Gasteiger charge is 2.38. The van der Waals surface area contributed by atoms with Gasteiger partial charge in [-0.15, -0.1) is 11.3 Å². The molecule has 110 valence electrons. The molecule has 2 fully saturated rings. The average Bonchev–Trinajstić information content (AvgIpc) is 3.04. The van der Waals surface area contributed by atoms with Crippen molar-refractivity contribution in [1.29, 1.82) is 0 Å². The van der Waals surface area contributed by atoms with E-state index in [0.717, 1.165) is 12.3 Å². The first-order valence-corrected chi connectivity index (χ1v) is 8.58. The van der Waals surface area contributed by atoms with Gasteiger partial charge in [-0.05, 0) is 51.2 Å². The van der Waals surface area contributed by atoms with Crippen molar-refractivity contribution < 1.29 is 4.79 Å². The van der Waals surface area contributed by atoms with Gasteiger partial charge in [0.15, 0.2) is 0 Å². The summed E-state index contributed by atoms with van der Waals surface area (Å²) in [4.78, 5) is 14.9. The summed E-state index contributed by atoms with van der Waals surface area (Å²) in [5.41, 5.74) is 0. The number of hydrogen-bond acceptors (Lipinski definition) is 3. The number of rotatable bonds is 3. The molecule has 3 nitrogen and oxygen atoms in total. The second-order valence-corrected chi connectivity index (χ2v) is 7.60. The van der Waals surface area contributed by atoms with Crippen LogP contribution in [0.3, 0.4) is 0 Å². The van der Waals surface area contributed by atoms with E-state index in [0.29, 0.717) is 6.04 Å². The highest BCUT2D eigenvalue weighted by Crippen LogP contribution is 2.33. The smallest absolute Gasteiger partial charge is 0.237 e. The van der Waals surface area contributed by atoms with E-state index in [1.165, 1.54) is 35.4 Å². The molecule has 3 rings (SSSR count). The number of aryl methyl sites for hydroxylation is 1. The van der Waals surface area contributed by atoms with Gasteiger partial charge in [0.05, 0.1) is 12.1 Å². The lowest BCUT2D eigenvalue weighted by atomic mass is 9.85. The summed E-state index contributed by atoms with van der Waals surface area (Å²) in [5, 5.41) is 6.72. The maximum atomic E-state index is 12.4. The first-order valence-electron chi connectivity index (χ1n) is 7.76. The Hall–Kier alpha value is -0.870. The number of carbonyl (C=O) groups excluding carboxylic acids is 1. The number of carbonyl (C=O) groups is 1. The zero-order valence-electron chi connectivity index (χ0n) is 12.3. The van der Waals surface area contributed by atoms with E-state index >= 15 is 0 Å². The minimum absolute atomic E-state index is 0.0200.